The molecular formula is C16H21FN2OS. The van der Waals surface area contributed by atoms with Gasteiger partial charge in [-0.1, -0.05) is 18.2 Å². The van der Waals surface area contributed by atoms with E-state index in [1.54, 1.807) is 29.5 Å². The molecule has 21 heavy (non-hydrogen) atoms. The molecule has 1 aromatic carbocycles. The van der Waals surface area contributed by atoms with Crippen LogP contribution in [0.3, 0.4) is 0 Å². The number of hydrogen-bond acceptors (Lipinski definition) is 4. The maximum Gasteiger partial charge on any atom is 0.128 e. The van der Waals surface area contributed by atoms with Crippen LogP contribution in [-0.2, 0) is 24.5 Å². The summed E-state index contributed by atoms with van der Waals surface area (Å²) < 4.78 is 19.0. The van der Waals surface area contributed by atoms with Gasteiger partial charge in [-0.15, -0.1) is 11.3 Å². The Bertz CT molecular complexity index is 578. The van der Waals surface area contributed by atoms with Crippen molar-refractivity contribution in [1.82, 2.24) is 10.3 Å². The quantitative estimate of drug-likeness (QED) is 0.879. The zero-order chi connectivity index (χ0) is 15.3. The molecule has 2 rings (SSSR count). The molecule has 0 fully saturated rings. The summed E-state index contributed by atoms with van der Waals surface area (Å²) in [4.78, 5) is 4.50. The van der Waals surface area contributed by atoms with Gasteiger partial charge in [-0.3, -0.25) is 0 Å². The van der Waals surface area contributed by atoms with E-state index in [0.717, 1.165) is 17.2 Å². The first-order chi connectivity index (χ1) is 9.94. The number of nitrogens with zero attached hydrogens (tertiary/aromatic N) is 1. The van der Waals surface area contributed by atoms with Crippen LogP contribution >= 0.6 is 11.3 Å². The molecule has 0 radical (unpaired) electrons. The van der Waals surface area contributed by atoms with Crippen LogP contribution in [0.15, 0.2) is 29.6 Å². The topological polar surface area (TPSA) is 34.2 Å². The number of thiazole rings is 1. The zero-order valence-corrected chi connectivity index (χ0v) is 13.5. The first-order valence-corrected chi connectivity index (χ1v) is 7.81. The Morgan fingerprint density at radius 1 is 1.24 bits per heavy atom. The lowest BCUT2D eigenvalue weighted by Gasteiger charge is -2.19. The van der Waals surface area contributed by atoms with Crippen molar-refractivity contribution >= 4 is 11.3 Å². The van der Waals surface area contributed by atoms with Crippen molar-refractivity contribution in [2.24, 2.45) is 0 Å². The first kappa shape index (κ1) is 16.1. The van der Waals surface area contributed by atoms with Gasteiger partial charge in [0.05, 0.1) is 18.9 Å². The third kappa shape index (κ3) is 5.53. The Morgan fingerprint density at radius 2 is 2.00 bits per heavy atom. The molecule has 1 N–H and O–H groups in total. The normalized spacial score (nSPS) is 11.8. The van der Waals surface area contributed by atoms with E-state index in [4.69, 9.17) is 4.74 Å². The largest absolute Gasteiger partial charge is 0.370 e. The second-order valence-electron chi connectivity index (χ2n) is 5.92. The van der Waals surface area contributed by atoms with Crippen molar-refractivity contribution < 1.29 is 9.13 Å². The number of rotatable bonds is 6. The molecule has 0 aliphatic carbocycles. The fourth-order valence-corrected chi connectivity index (χ4v) is 2.44. The van der Waals surface area contributed by atoms with Gasteiger partial charge in [-0.2, -0.15) is 0 Å². The van der Waals surface area contributed by atoms with Crippen LogP contribution in [0, 0.1) is 5.82 Å². The van der Waals surface area contributed by atoms with Crippen molar-refractivity contribution in [3.05, 3.63) is 51.7 Å². The Balaban J connectivity index is 1.79. The summed E-state index contributed by atoms with van der Waals surface area (Å²) in [6, 6.07) is 6.65. The maximum absolute atomic E-state index is 13.4. The van der Waals surface area contributed by atoms with Crippen molar-refractivity contribution in [2.45, 2.75) is 46.1 Å². The minimum Gasteiger partial charge on any atom is -0.370 e. The Hall–Kier alpha value is -1.30. The highest BCUT2D eigenvalue weighted by atomic mass is 32.1. The molecule has 0 amide bonds. The molecule has 3 nitrogen and oxygen atoms in total. The minimum atomic E-state index is -0.231. The zero-order valence-electron chi connectivity index (χ0n) is 12.6. The van der Waals surface area contributed by atoms with E-state index in [1.165, 1.54) is 6.07 Å². The fourth-order valence-electron chi connectivity index (χ4n) is 1.72. The molecule has 0 atom stereocenters. The molecule has 1 aromatic heterocycles. The van der Waals surface area contributed by atoms with Crippen molar-refractivity contribution in [2.75, 3.05) is 0 Å². The summed E-state index contributed by atoms with van der Waals surface area (Å²) in [6.07, 6.45) is 0. The van der Waals surface area contributed by atoms with E-state index < -0.39 is 0 Å². The van der Waals surface area contributed by atoms with Crippen LogP contribution in [0.4, 0.5) is 4.39 Å². The summed E-state index contributed by atoms with van der Waals surface area (Å²) >= 11 is 1.61. The first-order valence-electron chi connectivity index (χ1n) is 6.93. The number of ether oxygens (including phenoxy) is 1. The highest BCUT2D eigenvalue weighted by molar-refractivity contribution is 7.09. The second-order valence-corrected chi connectivity index (χ2v) is 6.86. The van der Waals surface area contributed by atoms with Gasteiger partial charge < -0.3 is 10.1 Å². The van der Waals surface area contributed by atoms with E-state index in [9.17, 15) is 4.39 Å². The Morgan fingerprint density at radius 3 is 2.71 bits per heavy atom. The lowest BCUT2D eigenvalue weighted by molar-refractivity contribution is 0.102. The van der Waals surface area contributed by atoms with Crippen LogP contribution in [0.2, 0.25) is 0 Å². The molecular weight excluding hydrogens is 287 g/mol. The van der Waals surface area contributed by atoms with Gasteiger partial charge >= 0.3 is 0 Å². The molecule has 2 aromatic rings. The van der Waals surface area contributed by atoms with Gasteiger partial charge in [0.2, 0.25) is 0 Å². The standard InChI is InChI=1S/C16H21FN2OS/c1-16(2,3)18-8-15-19-13(11-21-15)10-20-9-12-6-4-5-7-14(12)17/h4-7,11,18H,8-10H2,1-3H3. The number of aromatic nitrogens is 1. The van der Waals surface area contributed by atoms with Gasteiger partial charge in [0.25, 0.3) is 0 Å². The van der Waals surface area contributed by atoms with E-state index in [2.05, 4.69) is 31.1 Å². The SMILES string of the molecule is CC(C)(C)NCc1nc(COCc2ccccc2F)cs1. The van der Waals surface area contributed by atoms with E-state index >= 15 is 0 Å². The van der Waals surface area contributed by atoms with Crippen LogP contribution in [-0.4, -0.2) is 10.5 Å². The molecule has 0 aliphatic heterocycles. The number of benzene rings is 1. The predicted octanol–water partition coefficient (Wildman–Crippen LogP) is 3.89. The number of halogens is 1. The Labute approximate surface area is 129 Å². The van der Waals surface area contributed by atoms with Gasteiger partial charge in [-0.25, -0.2) is 9.37 Å². The minimum absolute atomic E-state index is 0.0766. The van der Waals surface area contributed by atoms with Crippen LogP contribution in [0.25, 0.3) is 0 Å². The highest BCUT2D eigenvalue weighted by Crippen LogP contribution is 2.14. The molecule has 0 aliphatic rings. The predicted molar refractivity (Wildman–Crippen MR) is 83.6 cm³/mol. The van der Waals surface area contributed by atoms with Gasteiger partial charge in [0, 0.05) is 23.0 Å². The van der Waals surface area contributed by atoms with E-state index in [0.29, 0.717) is 12.2 Å². The monoisotopic (exact) mass is 308 g/mol. The van der Waals surface area contributed by atoms with Crippen molar-refractivity contribution in [3.63, 3.8) is 0 Å². The lowest BCUT2D eigenvalue weighted by atomic mass is 10.1. The summed E-state index contributed by atoms with van der Waals surface area (Å²) in [6.45, 7) is 7.79. The molecule has 0 bridgehead atoms. The summed E-state index contributed by atoms with van der Waals surface area (Å²) in [7, 11) is 0. The second kappa shape index (κ2) is 7.11. The average molecular weight is 308 g/mol. The van der Waals surface area contributed by atoms with Crippen molar-refractivity contribution in [1.29, 1.82) is 0 Å². The molecule has 5 heteroatoms. The van der Waals surface area contributed by atoms with Crippen LogP contribution in [0.1, 0.15) is 37.0 Å². The van der Waals surface area contributed by atoms with Crippen LogP contribution in [0.5, 0.6) is 0 Å². The molecule has 0 saturated carbocycles. The van der Waals surface area contributed by atoms with Gasteiger partial charge in [0.15, 0.2) is 0 Å². The molecule has 1 heterocycles. The molecule has 0 saturated heterocycles. The molecule has 0 unspecified atom stereocenters. The third-order valence-electron chi connectivity index (χ3n) is 2.83. The third-order valence-corrected chi connectivity index (χ3v) is 3.73. The lowest BCUT2D eigenvalue weighted by Crippen LogP contribution is -2.35. The number of nitrogens with one attached hydrogen (secondary N) is 1. The molecule has 0 spiro atoms. The fraction of sp³-hybridized carbons (Fsp3) is 0.438. The summed E-state index contributed by atoms with van der Waals surface area (Å²) in [5, 5.41) is 6.42. The maximum atomic E-state index is 13.4. The van der Waals surface area contributed by atoms with Crippen molar-refractivity contribution in [3.8, 4) is 0 Å². The van der Waals surface area contributed by atoms with Gasteiger partial charge in [0.1, 0.15) is 10.8 Å². The highest BCUT2D eigenvalue weighted by Gasteiger charge is 2.10. The summed E-state index contributed by atoms with van der Waals surface area (Å²) in [5.74, 6) is -0.231. The molecule has 114 valence electrons. The Kier molecular flexibility index (Phi) is 5.45. The summed E-state index contributed by atoms with van der Waals surface area (Å²) in [5.41, 5.74) is 1.54. The number of hydrogen-bond donors (Lipinski definition) is 1. The van der Waals surface area contributed by atoms with Gasteiger partial charge in [-0.05, 0) is 26.8 Å². The van der Waals surface area contributed by atoms with Crippen LogP contribution < -0.4 is 5.32 Å². The smallest absolute Gasteiger partial charge is 0.128 e. The van der Waals surface area contributed by atoms with E-state index in [-0.39, 0.29) is 18.0 Å². The van der Waals surface area contributed by atoms with E-state index in [1.807, 2.05) is 5.38 Å². The average Bonchev–Trinajstić information content (AvgIpc) is 2.86.